The lowest BCUT2D eigenvalue weighted by Crippen LogP contribution is -2.55. The highest BCUT2D eigenvalue weighted by Crippen LogP contribution is 2.20. The van der Waals surface area contributed by atoms with E-state index < -0.39 is 23.2 Å². The Hall–Kier alpha value is -2.15. The van der Waals surface area contributed by atoms with E-state index >= 15 is 0 Å². The third kappa shape index (κ3) is 3.30. The molecule has 1 aliphatic heterocycles. The molecule has 1 unspecified atom stereocenters. The van der Waals surface area contributed by atoms with E-state index in [1.807, 2.05) is 0 Å². The molecular formula is C14H16FNO5. The van der Waals surface area contributed by atoms with E-state index in [-0.39, 0.29) is 31.8 Å². The van der Waals surface area contributed by atoms with E-state index in [1.165, 1.54) is 19.2 Å². The number of ether oxygens (including phenoxy) is 2. The topological polar surface area (TPSA) is 84.9 Å². The Morgan fingerprint density at radius 2 is 2.29 bits per heavy atom. The summed E-state index contributed by atoms with van der Waals surface area (Å²) in [5.74, 6) is -2.10. The Morgan fingerprint density at radius 1 is 1.52 bits per heavy atom. The van der Waals surface area contributed by atoms with Crippen LogP contribution in [0.1, 0.15) is 12.0 Å². The quantitative estimate of drug-likeness (QED) is 0.837. The van der Waals surface area contributed by atoms with Crippen molar-refractivity contribution in [2.24, 2.45) is 0 Å². The summed E-state index contributed by atoms with van der Waals surface area (Å²) < 4.78 is 23.4. The van der Waals surface area contributed by atoms with Crippen LogP contribution >= 0.6 is 0 Å². The number of halogens is 1. The van der Waals surface area contributed by atoms with Crippen molar-refractivity contribution in [1.82, 2.24) is 5.32 Å². The van der Waals surface area contributed by atoms with Crippen LogP contribution in [0.15, 0.2) is 18.2 Å². The number of aliphatic carboxylic acids is 1. The second kappa shape index (κ2) is 6.09. The van der Waals surface area contributed by atoms with Gasteiger partial charge in [0.2, 0.25) is 5.91 Å². The van der Waals surface area contributed by atoms with Gasteiger partial charge in [0.15, 0.2) is 17.1 Å². The third-order valence-electron chi connectivity index (χ3n) is 3.39. The van der Waals surface area contributed by atoms with Gasteiger partial charge in [0.25, 0.3) is 0 Å². The molecule has 1 amide bonds. The third-order valence-corrected chi connectivity index (χ3v) is 3.39. The Kier molecular flexibility index (Phi) is 4.42. The number of carboxylic acid groups (broad SMARTS) is 1. The highest BCUT2D eigenvalue weighted by molar-refractivity contribution is 5.88. The first-order valence-electron chi connectivity index (χ1n) is 6.41. The summed E-state index contributed by atoms with van der Waals surface area (Å²) in [5.41, 5.74) is -0.951. The van der Waals surface area contributed by atoms with E-state index in [9.17, 15) is 19.1 Å². The molecule has 2 N–H and O–H groups in total. The van der Waals surface area contributed by atoms with Gasteiger partial charge in [0.05, 0.1) is 20.1 Å². The highest BCUT2D eigenvalue weighted by atomic mass is 19.1. The van der Waals surface area contributed by atoms with Crippen LogP contribution in [0.4, 0.5) is 4.39 Å². The molecule has 2 rings (SSSR count). The van der Waals surface area contributed by atoms with Gasteiger partial charge >= 0.3 is 5.97 Å². The van der Waals surface area contributed by atoms with Crippen molar-refractivity contribution in [1.29, 1.82) is 0 Å². The van der Waals surface area contributed by atoms with E-state index in [0.29, 0.717) is 5.56 Å². The van der Waals surface area contributed by atoms with Crippen LogP contribution in [0, 0.1) is 5.82 Å². The second-order valence-corrected chi connectivity index (χ2v) is 4.88. The van der Waals surface area contributed by atoms with Crippen LogP contribution in [0.3, 0.4) is 0 Å². The van der Waals surface area contributed by atoms with E-state index in [4.69, 9.17) is 9.47 Å². The lowest BCUT2D eigenvalue weighted by atomic mass is 9.98. The average Bonchev–Trinajstić information content (AvgIpc) is 2.88. The molecule has 0 bridgehead atoms. The molecular weight excluding hydrogens is 281 g/mol. The second-order valence-electron chi connectivity index (χ2n) is 4.88. The summed E-state index contributed by atoms with van der Waals surface area (Å²) >= 11 is 0. The van der Waals surface area contributed by atoms with Gasteiger partial charge in [-0.05, 0) is 17.7 Å². The highest BCUT2D eigenvalue weighted by Gasteiger charge is 2.43. The van der Waals surface area contributed by atoms with Crippen LogP contribution in [-0.2, 0) is 20.7 Å². The van der Waals surface area contributed by atoms with Crippen molar-refractivity contribution in [2.45, 2.75) is 18.4 Å². The maximum Gasteiger partial charge on any atom is 0.331 e. The normalized spacial score (nSPS) is 21.0. The van der Waals surface area contributed by atoms with E-state index in [1.54, 1.807) is 6.07 Å². The first kappa shape index (κ1) is 15.2. The summed E-state index contributed by atoms with van der Waals surface area (Å²) in [6, 6.07) is 4.17. The van der Waals surface area contributed by atoms with Gasteiger partial charge in [0, 0.05) is 13.0 Å². The van der Waals surface area contributed by atoms with E-state index in [0.717, 1.165) is 0 Å². The first-order chi connectivity index (χ1) is 9.97. The molecule has 6 nitrogen and oxygen atoms in total. The lowest BCUT2D eigenvalue weighted by molar-refractivity contribution is -0.147. The Balaban J connectivity index is 2.04. The van der Waals surface area contributed by atoms with Crippen molar-refractivity contribution < 1.29 is 28.6 Å². The minimum atomic E-state index is -1.39. The number of methoxy groups -OCH3 is 1. The van der Waals surface area contributed by atoms with Gasteiger partial charge < -0.3 is 19.9 Å². The number of nitrogens with one attached hydrogen (secondary N) is 1. The molecule has 114 valence electrons. The van der Waals surface area contributed by atoms with Crippen LogP contribution in [0.2, 0.25) is 0 Å². The fraction of sp³-hybridized carbons (Fsp3) is 0.429. The van der Waals surface area contributed by atoms with Crippen LogP contribution in [0.25, 0.3) is 0 Å². The zero-order chi connectivity index (χ0) is 15.5. The predicted octanol–water partition coefficient (Wildman–Crippen LogP) is 0.737. The Labute approximate surface area is 120 Å². The Bertz CT molecular complexity index is 554. The minimum absolute atomic E-state index is 0.0644. The van der Waals surface area contributed by atoms with Crippen molar-refractivity contribution in [2.75, 3.05) is 20.3 Å². The van der Waals surface area contributed by atoms with Crippen LogP contribution in [-0.4, -0.2) is 42.8 Å². The monoisotopic (exact) mass is 297 g/mol. The first-order valence-corrected chi connectivity index (χ1v) is 6.41. The maximum absolute atomic E-state index is 13.5. The number of carbonyl (C=O) groups excluding carboxylic acids is 1. The number of rotatable bonds is 5. The summed E-state index contributed by atoms with van der Waals surface area (Å²) in [6.45, 7) is 0.217. The lowest BCUT2D eigenvalue weighted by Gasteiger charge is -2.23. The summed E-state index contributed by atoms with van der Waals surface area (Å²) in [4.78, 5) is 23.2. The molecule has 0 aliphatic carbocycles. The minimum Gasteiger partial charge on any atom is -0.494 e. The maximum atomic E-state index is 13.5. The van der Waals surface area contributed by atoms with Crippen molar-refractivity contribution in [3.63, 3.8) is 0 Å². The Morgan fingerprint density at radius 3 is 2.81 bits per heavy atom. The summed E-state index contributed by atoms with van der Waals surface area (Å²) in [5, 5.41) is 11.7. The number of hydrogen-bond donors (Lipinski definition) is 2. The molecule has 1 aromatic rings. The number of carboxylic acids is 1. The van der Waals surface area contributed by atoms with Gasteiger partial charge in [0.1, 0.15) is 0 Å². The number of benzene rings is 1. The number of amides is 1. The molecule has 1 aromatic carbocycles. The predicted molar refractivity (Wildman–Crippen MR) is 70.6 cm³/mol. The average molecular weight is 297 g/mol. The van der Waals surface area contributed by atoms with Gasteiger partial charge in [-0.2, -0.15) is 0 Å². The molecule has 0 saturated carbocycles. The standard InChI is InChI=1S/C14H16FNO5/c1-20-11-3-2-9(6-10(11)15)7-12(17)16-14(13(18)19)4-5-21-8-14/h2-3,6H,4-5,7-8H2,1H3,(H,16,17)(H,18,19). The van der Waals surface area contributed by atoms with Crippen molar-refractivity contribution in [3.05, 3.63) is 29.6 Å². The SMILES string of the molecule is COc1ccc(CC(=O)NC2(C(=O)O)CCOC2)cc1F. The molecule has 0 aromatic heterocycles. The number of carbonyl (C=O) groups is 2. The molecule has 21 heavy (non-hydrogen) atoms. The molecule has 0 radical (unpaired) electrons. The van der Waals surface area contributed by atoms with Crippen molar-refractivity contribution >= 4 is 11.9 Å². The van der Waals surface area contributed by atoms with Crippen LogP contribution < -0.4 is 10.1 Å². The van der Waals surface area contributed by atoms with Crippen LogP contribution in [0.5, 0.6) is 5.75 Å². The fourth-order valence-electron chi connectivity index (χ4n) is 2.20. The molecule has 1 aliphatic rings. The summed E-state index contributed by atoms with van der Waals surface area (Å²) in [6.07, 6.45) is 0.0982. The zero-order valence-corrected chi connectivity index (χ0v) is 11.5. The molecule has 7 heteroatoms. The molecule has 1 heterocycles. The fourth-order valence-corrected chi connectivity index (χ4v) is 2.20. The van der Waals surface area contributed by atoms with Crippen molar-refractivity contribution in [3.8, 4) is 5.75 Å². The van der Waals surface area contributed by atoms with E-state index in [2.05, 4.69) is 5.32 Å². The largest absolute Gasteiger partial charge is 0.494 e. The van der Waals surface area contributed by atoms with Gasteiger partial charge in [-0.15, -0.1) is 0 Å². The van der Waals surface area contributed by atoms with Gasteiger partial charge in [-0.1, -0.05) is 6.07 Å². The molecule has 1 atom stereocenters. The number of hydrogen-bond acceptors (Lipinski definition) is 4. The summed E-state index contributed by atoms with van der Waals surface area (Å²) in [7, 11) is 1.35. The smallest absolute Gasteiger partial charge is 0.331 e. The van der Waals surface area contributed by atoms with Gasteiger partial charge in [-0.25, -0.2) is 9.18 Å². The molecule has 0 spiro atoms. The van der Waals surface area contributed by atoms with Gasteiger partial charge in [-0.3, -0.25) is 4.79 Å². The zero-order valence-electron chi connectivity index (χ0n) is 11.5. The molecule has 1 saturated heterocycles. The molecule has 1 fully saturated rings.